The van der Waals surface area contributed by atoms with Crippen molar-refractivity contribution in [3.8, 4) is 5.75 Å². The summed E-state index contributed by atoms with van der Waals surface area (Å²) in [5.74, 6) is 0.136. The van der Waals surface area contributed by atoms with Gasteiger partial charge in [-0.3, -0.25) is 9.36 Å². The fourth-order valence-corrected chi connectivity index (χ4v) is 3.29. The van der Waals surface area contributed by atoms with E-state index in [0.29, 0.717) is 25.3 Å². The van der Waals surface area contributed by atoms with E-state index in [1.807, 2.05) is 18.2 Å². The number of benzene rings is 1. The maximum Gasteiger partial charge on any atom is 0.326 e. The standard InChI is InChI=1S/C16H20N2O4/c1-22-12-6-7-13-14(8-12)18(16(21)17-13)9-10-2-4-11(5-3-10)15(19)20/h6-8,10-11H,2-5,9H2,1H3,(H,17,21)(H,19,20). The first kappa shape index (κ1) is 14.7. The fraction of sp³-hybridized carbons (Fsp3) is 0.500. The second-order valence-electron chi connectivity index (χ2n) is 5.98. The molecule has 1 aromatic carbocycles. The molecule has 0 atom stereocenters. The van der Waals surface area contributed by atoms with Crippen LogP contribution in [0, 0.1) is 11.8 Å². The Balaban J connectivity index is 1.81. The number of carboxylic acids is 1. The van der Waals surface area contributed by atoms with Crippen molar-refractivity contribution in [2.45, 2.75) is 32.2 Å². The normalized spacial score (nSPS) is 21.9. The first-order valence-corrected chi connectivity index (χ1v) is 7.58. The number of carboxylic acid groups (broad SMARTS) is 1. The zero-order chi connectivity index (χ0) is 15.7. The monoisotopic (exact) mass is 304 g/mol. The lowest BCUT2D eigenvalue weighted by Crippen LogP contribution is -2.27. The second kappa shape index (κ2) is 5.87. The van der Waals surface area contributed by atoms with E-state index in [4.69, 9.17) is 9.84 Å². The number of fused-ring (bicyclic) bond motifs is 1. The fourth-order valence-electron chi connectivity index (χ4n) is 3.29. The topological polar surface area (TPSA) is 84.3 Å². The summed E-state index contributed by atoms with van der Waals surface area (Å²) in [6.07, 6.45) is 3.08. The average Bonchev–Trinajstić information content (AvgIpc) is 2.83. The number of hydrogen-bond acceptors (Lipinski definition) is 3. The van der Waals surface area contributed by atoms with E-state index in [1.54, 1.807) is 11.7 Å². The average molecular weight is 304 g/mol. The van der Waals surface area contributed by atoms with Gasteiger partial charge in [-0.15, -0.1) is 0 Å². The van der Waals surface area contributed by atoms with E-state index >= 15 is 0 Å². The number of imidazole rings is 1. The summed E-state index contributed by atoms with van der Waals surface area (Å²) in [5, 5.41) is 9.05. The first-order chi connectivity index (χ1) is 10.6. The first-order valence-electron chi connectivity index (χ1n) is 7.58. The van der Waals surface area contributed by atoms with Crippen molar-refractivity contribution in [1.29, 1.82) is 0 Å². The van der Waals surface area contributed by atoms with Gasteiger partial charge in [-0.1, -0.05) is 0 Å². The van der Waals surface area contributed by atoms with Gasteiger partial charge in [-0.2, -0.15) is 0 Å². The Morgan fingerprint density at radius 1 is 1.36 bits per heavy atom. The van der Waals surface area contributed by atoms with E-state index in [9.17, 15) is 9.59 Å². The van der Waals surface area contributed by atoms with Gasteiger partial charge in [0.2, 0.25) is 0 Å². The summed E-state index contributed by atoms with van der Waals surface area (Å²) in [6.45, 7) is 0.623. The van der Waals surface area contributed by atoms with Crippen molar-refractivity contribution in [3.05, 3.63) is 28.7 Å². The third kappa shape index (κ3) is 2.73. The van der Waals surface area contributed by atoms with Crippen molar-refractivity contribution in [2.75, 3.05) is 7.11 Å². The molecule has 3 rings (SSSR count). The summed E-state index contributed by atoms with van der Waals surface area (Å²) in [5.41, 5.74) is 1.51. The molecule has 0 aliphatic heterocycles. The number of aromatic nitrogens is 2. The SMILES string of the molecule is COc1ccc2[nH]c(=O)n(CC3CCC(C(=O)O)CC3)c2c1. The Labute approximate surface area is 127 Å². The van der Waals surface area contributed by atoms with Crippen LogP contribution in [0.1, 0.15) is 25.7 Å². The molecule has 0 unspecified atom stereocenters. The predicted molar refractivity (Wildman–Crippen MR) is 82.2 cm³/mol. The Morgan fingerprint density at radius 3 is 2.73 bits per heavy atom. The molecule has 1 saturated carbocycles. The van der Waals surface area contributed by atoms with Crippen LogP contribution in [0.5, 0.6) is 5.75 Å². The molecule has 1 aliphatic rings. The Morgan fingerprint density at radius 2 is 2.09 bits per heavy atom. The quantitative estimate of drug-likeness (QED) is 0.907. The minimum Gasteiger partial charge on any atom is -0.497 e. The number of aliphatic carboxylic acids is 1. The molecule has 1 aromatic heterocycles. The highest BCUT2D eigenvalue weighted by Crippen LogP contribution is 2.30. The molecule has 2 N–H and O–H groups in total. The van der Waals surface area contributed by atoms with Crippen LogP contribution < -0.4 is 10.4 Å². The molecular formula is C16H20N2O4. The van der Waals surface area contributed by atoms with Crippen molar-refractivity contribution in [3.63, 3.8) is 0 Å². The largest absolute Gasteiger partial charge is 0.497 e. The Hall–Kier alpha value is -2.24. The molecule has 1 heterocycles. The zero-order valence-electron chi connectivity index (χ0n) is 12.5. The molecule has 22 heavy (non-hydrogen) atoms. The Bertz CT molecular complexity index is 738. The van der Waals surface area contributed by atoms with E-state index in [-0.39, 0.29) is 11.6 Å². The number of nitrogens with zero attached hydrogens (tertiary/aromatic N) is 1. The van der Waals surface area contributed by atoms with Gasteiger partial charge in [0.25, 0.3) is 0 Å². The zero-order valence-corrected chi connectivity index (χ0v) is 12.5. The number of aromatic amines is 1. The number of nitrogens with one attached hydrogen (secondary N) is 1. The van der Waals surface area contributed by atoms with Crippen molar-refractivity contribution >= 4 is 17.0 Å². The van der Waals surface area contributed by atoms with Gasteiger partial charge in [0.15, 0.2) is 0 Å². The highest BCUT2D eigenvalue weighted by Gasteiger charge is 2.26. The van der Waals surface area contributed by atoms with Crippen LogP contribution >= 0.6 is 0 Å². The lowest BCUT2D eigenvalue weighted by Gasteiger charge is -2.26. The summed E-state index contributed by atoms with van der Waals surface area (Å²) in [7, 11) is 1.60. The molecule has 1 fully saturated rings. The number of methoxy groups -OCH3 is 1. The summed E-state index contributed by atoms with van der Waals surface area (Å²) in [6, 6.07) is 5.52. The van der Waals surface area contributed by atoms with E-state index in [1.165, 1.54) is 0 Å². The van der Waals surface area contributed by atoms with Gasteiger partial charge in [0, 0.05) is 12.6 Å². The molecule has 0 bridgehead atoms. The molecule has 1 aliphatic carbocycles. The molecule has 6 heteroatoms. The molecule has 118 valence electrons. The van der Waals surface area contributed by atoms with Crippen molar-refractivity contribution in [2.24, 2.45) is 11.8 Å². The van der Waals surface area contributed by atoms with E-state index in [0.717, 1.165) is 29.6 Å². The lowest BCUT2D eigenvalue weighted by atomic mass is 9.82. The van der Waals surface area contributed by atoms with Gasteiger partial charge in [0.05, 0.1) is 24.1 Å². The number of H-pyrrole nitrogens is 1. The van der Waals surface area contributed by atoms with Gasteiger partial charge in [0.1, 0.15) is 5.75 Å². The van der Waals surface area contributed by atoms with Crippen LogP contribution in [-0.2, 0) is 11.3 Å². The number of hydrogen-bond donors (Lipinski definition) is 2. The van der Waals surface area contributed by atoms with Crippen LogP contribution in [0.2, 0.25) is 0 Å². The maximum atomic E-state index is 12.2. The highest BCUT2D eigenvalue weighted by molar-refractivity contribution is 5.77. The minimum atomic E-state index is -0.701. The number of carbonyl (C=O) groups is 1. The number of ether oxygens (including phenoxy) is 1. The molecule has 0 saturated heterocycles. The van der Waals surface area contributed by atoms with Crippen LogP contribution in [-0.4, -0.2) is 27.7 Å². The van der Waals surface area contributed by atoms with Crippen molar-refractivity contribution in [1.82, 2.24) is 9.55 Å². The van der Waals surface area contributed by atoms with Gasteiger partial charge in [-0.05, 0) is 43.7 Å². The summed E-state index contributed by atoms with van der Waals surface area (Å²) < 4.78 is 6.96. The molecule has 2 aromatic rings. The van der Waals surface area contributed by atoms with Gasteiger partial charge in [-0.25, -0.2) is 4.79 Å². The van der Waals surface area contributed by atoms with Crippen LogP contribution in [0.15, 0.2) is 23.0 Å². The van der Waals surface area contributed by atoms with Gasteiger partial charge < -0.3 is 14.8 Å². The molecular weight excluding hydrogens is 284 g/mol. The van der Waals surface area contributed by atoms with E-state index < -0.39 is 5.97 Å². The van der Waals surface area contributed by atoms with Crippen LogP contribution in [0.3, 0.4) is 0 Å². The molecule has 0 spiro atoms. The van der Waals surface area contributed by atoms with Gasteiger partial charge >= 0.3 is 11.7 Å². The summed E-state index contributed by atoms with van der Waals surface area (Å²) >= 11 is 0. The summed E-state index contributed by atoms with van der Waals surface area (Å²) in [4.78, 5) is 26.0. The predicted octanol–water partition coefficient (Wildman–Crippen LogP) is 2.23. The third-order valence-corrected chi connectivity index (χ3v) is 4.62. The minimum absolute atomic E-state index is 0.122. The number of rotatable bonds is 4. The third-order valence-electron chi connectivity index (χ3n) is 4.62. The highest BCUT2D eigenvalue weighted by atomic mass is 16.5. The Kier molecular flexibility index (Phi) is 3.92. The van der Waals surface area contributed by atoms with Crippen LogP contribution in [0.4, 0.5) is 0 Å². The molecule has 6 nitrogen and oxygen atoms in total. The van der Waals surface area contributed by atoms with E-state index in [2.05, 4.69) is 4.98 Å². The smallest absolute Gasteiger partial charge is 0.326 e. The molecule has 0 amide bonds. The van der Waals surface area contributed by atoms with Crippen molar-refractivity contribution < 1.29 is 14.6 Å². The second-order valence-corrected chi connectivity index (χ2v) is 5.98. The lowest BCUT2D eigenvalue weighted by molar-refractivity contribution is -0.143. The molecule has 0 radical (unpaired) electrons. The maximum absolute atomic E-state index is 12.2. The van der Waals surface area contributed by atoms with Crippen LogP contribution in [0.25, 0.3) is 11.0 Å².